The summed E-state index contributed by atoms with van der Waals surface area (Å²) in [5.41, 5.74) is 14.1. The number of methoxy groups -OCH3 is 2. The van der Waals surface area contributed by atoms with E-state index in [0.717, 1.165) is 11.1 Å². The van der Waals surface area contributed by atoms with Crippen molar-refractivity contribution in [2.24, 2.45) is 0 Å². The lowest BCUT2D eigenvalue weighted by Crippen LogP contribution is -2.36. The first-order valence-corrected chi connectivity index (χ1v) is 10.6. The second kappa shape index (κ2) is 12.4. The third kappa shape index (κ3) is 6.41. The molecule has 3 aromatic rings. The van der Waals surface area contributed by atoms with Gasteiger partial charge in [0.25, 0.3) is 0 Å². The number of benzene rings is 2. The molecule has 0 saturated carbocycles. The SMILES string of the molecule is COCCN(CCOC)c1ncnc(NNC(=O)C(c2ccccc2)c2ccccc2)c1N. The molecule has 9 nitrogen and oxygen atoms in total. The fourth-order valence-corrected chi connectivity index (χ4v) is 3.44. The lowest BCUT2D eigenvalue weighted by atomic mass is 9.91. The van der Waals surface area contributed by atoms with Gasteiger partial charge in [-0.1, -0.05) is 60.7 Å². The molecule has 0 unspecified atom stereocenters. The first-order chi connectivity index (χ1) is 16.2. The highest BCUT2D eigenvalue weighted by Gasteiger charge is 2.23. The summed E-state index contributed by atoms with van der Waals surface area (Å²) in [6.45, 7) is 2.17. The van der Waals surface area contributed by atoms with Crippen LogP contribution in [0.3, 0.4) is 0 Å². The van der Waals surface area contributed by atoms with Crippen molar-refractivity contribution in [1.82, 2.24) is 15.4 Å². The highest BCUT2D eigenvalue weighted by molar-refractivity contribution is 5.88. The number of nitrogens with zero attached hydrogens (tertiary/aromatic N) is 3. The molecular weight excluding hydrogens is 420 g/mol. The topological polar surface area (TPSA) is 115 Å². The molecule has 0 aliphatic carbocycles. The van der Waals surface area contributed by atoms with Gasteiger partial charge in [0.15, 0.2) is 11.6 Å². The van der Waals surface area contributed by atoms with Crippen molar-refractivity contribution in [1.29, 1.82) is 0 Å². The minimum atomic E-state index is -0.498. The number of carbonyl (C=O) groups is 1. The van der Waals surface area contributed by atoms with Crippen LogP contribution in [0.25, 0.3) is 0 Å². The van der Waals surface area contributed by atoms with Gasteiger partial charge < -0.3 is 20.1 Å². The van der Waals surface area contributed by atoms with E-state index >= 15 is 0 Å². The quantitative estimate of drug-likeness (QED) is 0.361. The number of amides is 1. The van der Waals surface area contributed by atoms with E-state index in [1.165, 1.54) is 6.33 Å². The number of anilines is 3. The van der Waals surface area contributed by atoms with Crippen LogP contribution in [0.4, 0.5) is 17.3 Å². The molecule has 0 aliphatic rings. The van der Waals surface area contributed by atoms with Crippen molar-refractivity contribution in [2.45, 2.75) is 5.92 Å². The number of nitrogens with one attached hydrogen (secondary N) is 2. The van der Waals surface area contributed by atoms with Crippen LogP contribution in [0.5, 0.6) is 0 Å². The maximum atomic E-state index is 13.2. The summed E-state index contributed by atoms with van der Waals surface area (Å²) < 4.78 is 10.4. The van der Waals surface area contributed by atoms with E-state index in [4.69, 9.17) is 15.2 Å². The van der Waals surface area contributed by atoms with E-state index in [0.29, 0.717) is 43.6 Å². The molecule has 0 fully saturated rings. The number of hydrazine groups is 1. The molecule has 0 spiro atoms. The van der Waals surface area contributed by atoms with Crippen LogP contribution < -0.4 is 21.5 Å². The molecule has 0 saturated heterocycles. The summed E-state index contributed by atoms with van der Waals surface area (Å²) in [6.07, 6.45) is 1.40. The number of rotatable bonds is 12. The van der Waals surface area contributed by atoms with Gasteiger partial charge in [0.2, 0.25) is 5.91 Å². The Morgan fingerprint density at radius 1 is 0.939 bits per heavy atom. The molecule has 0 atom stereocenters. The maximum absolute atomic E-state index is 13.2. The van der Waals surface area contributed by atoms with Gasteiger partial charge in [-0.25, -0.2) is 9.97 Å². The molecule has 2 aromatic carbocycles. The Hall–Kier alpha value is -3.69. The van der Waals surface area contributed by atoms with E-state index in [9.17, 15) is 4.79 Å². The lowest BCUT2D eigenvalue weighted by molar-refractivity contribution is -0.121. The van der Waals surface area contributed by atoms with E-state index in [2.05, 4.69) is 20.8 Å². The third-order valence-electron chi connectivity index (χ3n) is 5.13. The molecule has 3 rings (SSSR count). The number of nitrogens with two attached hydrogens (primary N) is 1. The van der Waals surface area contributed by atoms with Crippen LogP contribution >= 0.6 is 0 Å². The summed E-state index contributed by atoms with van der Waals surface area (Å²) in [7, 11) is 3.27. The van der Waals surface area contributed by atoms with E-state index in [-0.39, 0.29) is 5.91 Å². The van der Waals surface area contributed by atoms with E-state index in [1.54, 1.807) is 14.2 Å². The summed E-state index contributed by atoms with van der Waals surface area (Å²) in [4.78, 5) is 23.7. The first kappa shape index (κ1) is 24.0. The summed E-state index contributed by atoms with van der Waals surface area (Å²) in [5.74, 6) is 0.122. The molecule has 0 aliphatic heterocycles. The minimum Gasteiger partial charge on any atom is -0.393 e. The molecule has 1 amide bonds. The predicted octanol–water partition coefficient (Wildman–Crippen LogP) is 2.43. The Kier molecular flexibility index (Phi) is 8.98. The smallest absolute Gasteiger partial charge is 0.250 e. The van der Waals surface area contributed by atoms with Crippen LogP contribution in [0, 0.1) is 0 Å². The standard InChI is InChI=1S/C24H30N6O3/c1-32-15-13-30(14-16-33-2)23-21(25)22(26-17-27-23)28-29-24(31)20(18-9-5-3-6-10-18)19-11-7-4-8-12-19/h3-12,17,20H,13-16,25H2,1-2H3,(H,29,31)(H,26,27,28). The van der Waals surface area contributed by atoms with Crippen LogP contribution in [-0.4, -0.2) is 56.4 Å². The largest absolute Gasteiger partial charge is 0.393 e. The Balaban J connectivity index is 1.79. The Morgan fingerprint density at radius 3 is 2.00 bits per heavy atom. The van der Waals surface area contributed by atoms with Crippen molar-refractivity contribution in [3.8, 4) is 0 Å². The second-order valence-electron chi connectivity index (χ2n) is 7.30. The van der Waals surface area contributed by atoms with Crippen molar-refractivity contribution in [3.05, 3.63) is 78.1 Å². The molecular formula is C24H30N6O3. The van der Waals surface area contributed by atoms with Crippen molar-refractivity contribution >= 4 is 23.2 Å². The lowest BCUT2D eigenvalue weighted by Gasteiger charge is -2.25. The fraction of sp³-hybridized carbons (Fsp3) is 0.292. The molecule has 1 aromatic heterocycles. The van der Waals surface area contributed by atoms with Crippen LogP contribution in [-0.2, 0) is 14.3 Å². The number of carbonyl (C=O) groups excluding carboxylic acids is 1. The Morgan fingerprint density at radius 2 is 1.48 bits per heavy atom. The van der Waals surface area contributed by atoms with E-state index < -0.39 is 5.92 Å². The number of ether oxygens (including phenoxy) is 2. The van der Waals surface area contributed by atoms with Gasteiger partial charge in [0.1, 0.15) is 12.0 Å². The molecule has 0 radical (unpaired) electrons. The highest BCUT2D eigenvalue weighted by atomic mass is 16.5. The normalized spacial score (nSPS) is 10.8. The van der Waals surface area contributed by atoms with Gasteiger partial charge in [-0.2, -0.15) is 0 Å². The molecule has 9 heteroatoms. The molecule has 174 valence electrons. The van der Waals surface area contributed by atoms with Crippen LogP contribution in [0.2, 0.25) is 0 Å². The average molecular weight is 451 g/mol. The third-order valence-corrected chi connectivity index (χ3v) is 5.13. The van der Waals surface area contributed by atoms with Gasteiger partial charge >= 0.3 is 0 Å². The maximum Gasteiger partial charge on any atom is 0.250 e. The number of hydrogen-bond donors (Lipinski definition) is 3. The highest BCUT2D eigenvalue weighted by Crippen LogP contribution is 2.27. The molecule has 33 heavy (non-hydrogen) atoms. The van der Waals surface area contributed by atoms with Crippen molar-refractivity contribution in [2.75, 3.05) is 56.6 Å². The monoisotopic (exact) mass is 450 g/mol. The van der Waals surface area contributed by atoms with Crippen molar-refractivity contribution in [3.63, 3.8) is 0 Å². The van der Waals surface area contributed by atoms with E-state index in [1.807, 2.05) is 65.6 Å². The number of nitrogen functional groups attached to an aromatic ring is 1. The number of aromatic nitrogens is 2. The Bertz CT molecular complexity index is 956. The summed E-state index contributed by atoms with van der Waals surface area (Å²) in [6, 6.07) is 19.2. The van der Waals surface area contributed by atoms with Crippen molar-refractivity contribution < 1.29 is 14.3 Å². The zero-order chi connectivity index (χ0) is 23.5. The summed E-state index contributed by atoms with van der Waals surface area (Å²) in [5, 5.41) is 0. The van der Waals surface area contributed by atoms with Gasteiger partial charge in [0.05, 0.1) is 19.1 Å². The zero-order valence-electron chi connectivity index (χ0n) is 18.9. The molecule has 1 heterocycles. The molecule has 0 bridgehead atoms. The minimum absolute atomic E-state index is 0.234. The fourth-order valence-electron chi connectivity index (χ4n) is 3.44. The van der Waals surface area contributed by atoms with Gasteiger partial charge in [-0.3, -0.25) is 15.6 Å². The predicted molar refractivity (Wildman–Crippen MR) is 129 cm³/mol. The zero-order valence-corrected chi connectivity index (χ0v) is 18.9. The van der Waals surface area contributed by atoms with Gasteiger partial charge in [0, 0.05) is 27.3 Å². The van der Waals surface area contributed by atoms with Crippen LogP contribution in [0.1, 0.15) is 17.0 Å². The molecule has 4 N–H and O–H groups in total. The Labute approximate surface area is 193 Å². The summed E-state index contributed by atoms with van der Waals surface area (Å²) >= 11 is 0. The van der Waals surface area contributed by atoms with Gasteiger partial charge in [-0.05, 0) is 11.1 Å². The second-order valence-corrected chi connectivity index (χ2v) is 7.30. The first-order valence-electron chi connectivity index (χ1n) is 10.6. The number of hydrogen-bond acceptors (Lipinski definition) is 8. The average Bonchev–Trinajstić information content (AvgIpc) is 2.85. The van der Waals surface area contributed by atoms with Crippen LogP contribution in [0.15, 0.2) is 67.0 Å². The van der Waals surface area contributed by atoms with Gasteiger partial charge in [-0.15, -0.1) is 0 Å².